The van der Waals surface area contributed by atoms with Crippen LogP contribution < -0.4 is 0 Å². The van der Waals surface area contributed by atoms with Gasteiger partial charge < -0.3 is 9.84 Å². The van der Waals surface area contributed by atoms with E-state index >= 15 is 0 Å². The number of carbonyl (C=O) groups excluding carboxylic acids is 1. The van der Waals surface area contributed by atoms with E-state index in [0.717, 1.165) is 12.3 Å². The standard InChI is InChI=1S/C12H20O3/c1-9(13)15-12(14)7-6-10-4-2-3-5-11(10)8-12/h10-11,14H,2-8H2,1H3/t10-,11+,12+/m0/s1. The zero-order valence-corrected chi connectivity index (χ0v) is 9.37. The molecule has 2 fully saturated rings. The summed E-state index contributed by atoms with van der Waals surface area (Å²) in [4.78, 5) is 10.9. The molecule has 0 spiro atoms. The number of rotatable bonds is 1. The molecule has 3 nitrogen and oxygen atoms in total. The Hall–Kier alpha value is -0.570. The fourth-order valence-corrected chi connectivity index (χ4v) is 3.22. The third-order valence-electron chi connectivity index (χ3n) is 3.89. The van der Waals surface area contributed by atoms with Gasteiger partial charge in [0.2, 0.25) is 5.79 Å². The summed E-state index contributed by atoms with van der Waals surface area (Å²) in [5.41, 5.74) is 0. The Morgan fingerprint density at radius 3 is 2.60 bits per heavy atom. The first-order chi connectivity index (χ1) is 7.09. The van der Waals surface area contributed by atoms with Gasteiger partial charge in [0.1, 0.15) is 0 Å². The molecule has 0 aromatic rings. The average Bonchev–Trinajstić information content (AvgIpc) is 2.15. The molecule has 2 aliphatic rings. The lowest BCUT2D eigenvalue weighted by Crippen LogP contribution is -2.43. The van der Waals surface area contributed by atoms with Crippen molar-refractivity contribution in [3.05, 3.63) is 0 Å². The first kappa shape index (κ1) is 10.9. The van der Waals surface area contributed by atoms with Crippen molar-refractivity contribution in [2.24, 2.45) is 11.8 Å². The number of hydrogen-bond donors (Lipinski definition) is 1. The number of fused-ring (bicyclic) bond motifs is 1. The molecule has 15 heavy (non-hydrogen) atoms. The molecule has 0 heterocycles. The molecule has 0 aliphatic heterocycles. The zero-order valence-electron chi connectivity index (χ0n) is 9.37. The van der Waals surface area contributed by atoms with E-state index in [1.165, 1.54) is 32.6 Å². The first-order valence-electron chi connectivity index (χ1n) is 6.01. The van der Waals surface area contributed by atoms with Crippen LogP contribution in [0.3, 0.4) is 0 Å². The molecule has 2 rings (SSSR count). The lowest BCUT2D eigenvalue weighted by molar-refractivity contribution is -0.230. The van der Waals surface area contributed by atoms with Crippen LogP contribution in [0.15, 0.2) is 0 Å². The van der Waals surface area contributed by atoms with Gasteiger partial charge in [-0.3, -0.25) is 4.79 Å². The van der Waals surface area contributed by atoms with Crippen LogP contribution in [0.2, 0.25) is 0 Å². The fraction of sp³-hybridized carbons (Fsp3) is 0.917. The van der Waals surface area contributed by atoms with Crippen molar-refractivity contribution in [1.82, 2.24) is 0 Å². The van der Waals surface area contributed by atoms with Gasteiger partial charge in [-0.25, -0.2) is 0 Å². The Kier molecular flexibility index (Phi) is 3.01. The maximum Gasteiger partial charge on any atom is 0.305 e. The number of esters is 1. The Bertz CT molecular complexity index is 251. The first-order valence-corrected chi connectivity index (χ1v) is 6.01. The minimum atomic E-state index is -1.16. The maximum absolute atomic E-state index is 10.9. The maximum atomic E-state index is 10.9. The summed E-state index contributed by atoms with van der Waals surface area (Å²) in [6.45, 7) is 1.37. The Labute approximate surface area is 90.8 Å². The molecule has 0 aromatic carbocycles. The minimum absolute atomic E-state index is 0.369. The molecule has 0 amide bonds. The molecule has 2 saturated carbocycles. The van der Waals surface area contributed by atoms with E-state index in [9.17, 15) is 9.90 Å². The molecular weight excluding hydrogens is 192 g/mol. The summed E-state index contributed by atoms with van der Waals surface area (Å²) in [5, 5.41) is 10.1. The highest BCUT2D eigenvalue weighted by molar-refractivity contribution is 5.66. The van der Waals surface area contributed by atoms with Gasteiger partial charge in [-0.1, -0.05) is 19.3 Å². The zero-order chi connectivity index (χ0) is 10.9. The van der Waals surface area contributed by atoms with Crippen molar-refractivity contribution < 1.29 is 14.6 Å². The van der Waals surface area contributed by atoms with E-state index in [1.807, 2.05) is 0 Å². The second-order valence-corrected chi connectivity index (χ2v) is 5.09. The average molecular weight is 212 g/mol. The molecular formula is C12H20O3. The molecule has 3 heteroatoms. The lowest BCUT2D eigenvalue weighted by Gasteiger charge is -2.42. The number of hydrogen-bond acceptors (Lipinski definition) is 3. The van der Waals surface area contributed by atoms with E-state index in [1.54, 1.807) is 0 Å². The molecule has 3 atom stereocenters. The molecule has 2 aliphatic carbocycles. The van der Waals surface area contributed by atoms with Crippen LogP contribution >= 0.6 is 0 Å². The Morgan fingerprint density at radius 1 is 1.27 bits per heavy atom. The molecule has 1 N–H and O–H groups in total. The molecule has 86 valence electrons. The highest BCUT2D eigenvalue weighted by atomic mass is 16.7. The van der Waals surface area contributed by atoms with Crippen LogP contribution in [0, 0.1) is 11.8 Å². The Morgan fingerprint density at radius 2 is 1.93 bits per heavy atom. The van der Waals surface area contributed by atoms with E-state index in [-0.39, 0.29) is 5.97 Å². The summed E-state index contributed by atoms with van der Waals surface area (Å²) in [6, 6.07) is 0. The minimum Gasteiger partial charge on any atom is -0.433 e. The SMILES string of the molecule is CC(=O)O[C@]1(O)CC[C@@H]2CCCC[C@@H]2C1. The van der Waals surface area contributed by atoms with Crippen molar-refractivity contribution in [2.75, 3.05) is 0 Å². The van der Waals surface area contributed by atoms with Gasteiger partial charge in [0, 0.05) is 19.8 Å². The molecule has 0 aromatic heterocycles. The topological polar surface area (TPSA) is 46.5 Å². The summed E-state index contributed by atoms with van der Waals surface area (Å²) < 4.78 is 5.04. The van der Waals surface area contributed by atoms with Crippen molar-refractivity contribution in [3.8, 4) is 0 Å². The van der Waals surface area contributed by atoms with Gasteiger partial charge >= 0.3 is 5.97 Å². The number of carbonyl (C=O) groups is 1. The van der Waals surface area contributed by atoms with Crippen LogP contribution in [-0.2, 0) is 9.53 Å². The van der Waals surface area contributed by atoms with Gasteiger partial charge in [-0.05, 0) is 24.7 Å². The third-order valence-corrected chi connectivity index (χ3v) is 3.89. The molecule has 0 bridgehead atoms. The van der Waals surface area contributed by atoms with Gasteiger partial charge in [-0.15, -0.1) is 0 Å². The van der Waals surface area contributed by atoms with E-state index in [0.29, 0.717) is 18.8 Å². The van der Waals surface area contributed by atoms with E-state index in [2.05, 4.69) is 0 Å². The summed E-state index contributed by atoms with van der Waals surface area (Å²) >= 11 is 0. The third kappa shape index (κ3) is 2.51. The van der Waals surface area contributed by atoms with Gasteiger partial charge in [0.25, 0.3) is 0 Å². The Balaban J connectivity index is 1.97. The highest BCUT2D eigenvalue weighted by Crippen LogP contribution is 2.44. The largest absolute Gasteiger partial charge is 0.433 e. The lowest BCUT2D eigenvalue weighted by atomic mass is 9.69. The van der Waals surface area contributed by atoms with Crippen LogP contribution in [0.4, 0.5) is 0 Å². The molecule has 0 radical (unpaired) electrons. The number of aliphatic hydroxyl groups is 1. The van der Waals surface area contributed by atoms with Gasteiger partial charge in [-0.2, -0.15) is 0 Å². The highest BCUT2D eigenvalue weighted by Gasteiger charge is 2.42. The second kappa shape index (κ2) is 4.12. The summed E-state index contributed by atoms with van der Waals surface area (Å²) in [7, 11) is 0. The van der Waals surface area contributed by atoms with Crippen molar-refractivity contribution in [2.45, 2.75) is 57.7 Å². The van der Waals surface area contributed by atoms with E-state index in [4.69, 9.17) is 4.74 Å². The fourth-order valence-electron chi connectivity index (χ4n) is 3.22. The van der Waals surface area contributed by atoms with Crippen molar-refractivity contribution >= 4 is 5.97 Å². The van der Waals surface area contributed by atoms with Crippen LogP contribution in [-0.4, -0.2) is 16.9 Å². The predicted molar refractivity (Wildman–Crippen MR) is 56.0 cm³/mol. The molecule has 0 saturated heterocycles. The monoisotopic (exact) mass is 212 g/mol. The second-order valence-electron chi connectivity index (χ2n) is 5.09. The van der Waals surface area contributed by atoms with Crippen molar-refractivity contribution in [1.29, 1.82) is 0 Å². The van der Waals surface area contributed by atoms with Crippen LogP contribution in [0.25, 0.3) is 0 Å². The van der Waals surface area contributed by atoms with Crippen LogP contribution in [0.5, 0.6) is 0 Å². The predicted octanol–water partition coefficient (Wildman–Crippen LogP) is 2.23. The normalized spacial score (nSPS) is 40.7. The summed E-state index contributed by atoms with van der Waals surface area (Å²) in [5.74, 6) is -0.206. The smallest absolute Gasteiger partial charge is 0.305 e. The number of ether oxygens (including phenoxy) is 1. The van der Waals surface area contributed by atoms with Crippen LogP contribution in [0.1, 0.15) is 51.9 Å². The van der Waals surface area contributed by atoms with Crippen molar-refractivity contribution in [3.63, 3.8) is 0 Å². The van der Waals surface area contributed by atoms with Gasteiger partial charge in [0.15, 0.2) is 0 Å². The summed E-state index contributed by atoms with van der Waals surface area (Å²) in [6.07, 6.45) is 7.35. The van der Waals surface area contributed by atoms with Gasteiger partial charge in [0.05, 0.1) is 0 Å². The van der Waals surface area contributed by atoms with E-state index < -0.39 is 5.79 Å². The quantitative estimate of drug-likeness (QED) is 0.535. The molecule has 0 unspecified atom stereocenters.